The second-order valence-corrected chi connectivity index (χ2v) is 7.26. The lowest BCUT2D eigenvalue weighted by Gasteiger charge is -2.13. The Hall–Kier alpha value is -2.42. The number of halogens is 3. The number of carbonyl (C=O) groups is 2. The molecular weight excluding hydrogens is 355 g/mol. The molecule has 0 saturated heterocycles. The van der Waals surface area contributed by atoms with Crippen molar-refractivity contribution in [2.24, 2.45) is 0 Å². The lowest BCUT2D eigenvalue weighted by Crippen LogP contribution is -2.32. The van der Waals surface area contributed by atoms with E-state index in [2.05, 4.69) is 15.6 Å². The molecule has 0 radical (unpaired) electrons. The minimum absolute atomic E-state index is 0.204. The van der Waals surface area contributed by atoms with Gasteiger partial charge in [0.2, 0.25) is 5.91 Å². The fourth-order valence-electron chi connectivity index (χ4n) is 1.79. The first-order valence-electron chi connectivity index (χ1n) is 7.27. The van der Waals surface area contributed by atoms with E-state index in [1.165, 1.54) is 17.5 Å². The molecule has 9 heteroatoms. The van der Waals surface area contributed by atoms with Gasteiger partial charge >= 0.3 is 0 Å². The largest absolute Gasteiger partial charge is 0.342 e. The van der Waals surface area contributed by atoms with Crippen LogP contribution in [0.2, 0.25) is 0 Å². The summed E-state index contributed by atoms with van der Waals surface area (Å²) in [6, 6.07) is 1.59. The van der Waals surface area contributed by atoms with Crippen LogP contribution in [0.3, 0.4) is 0 Å². The lowest BCUT2D eigenvalue weighted by molar-refractivity contribution is -0.115. The Morgan fingerprint density at radius 1 is 1.16 bits per heavy atom. The molecule has 0 bridgehead atoms. The maximum Gasteiger partial charge on any atom is 0.263 e. The Kier molecular flexibility index (Phi) is 5.46. The van der Waals surface area contributed by atoms with Crippen molar-refractivity contribution in [3.8, 4) is 0 Å². The van der Waals surface area contributed by atoms with Crippen LogP contribution in [0.15, 0.2) is 18.3 Å². The molecule has 0 spiro atoms. The van der Waals surface area contributed by atoms with Crippen LogP contribution in [-0.2, 0) is 10.2 Å². The van der Waals surface area contributed by atoms with Gasteiger partial charge in [0, 0.05) is 5.41 Å². The number of benzene rings is 1. The van der Waals surface area contributed by atoms with Crippen molar-refractivity contribution in [2.45, 2.75) is 26.2 Å². The summed E-state index contributed by atoms with van der Waals surface area (Å²) in [7, 11) is 0. The molecule has 2 N–H and O–H groups in total. The molecule has 0 aliphatic rings. The average Bonchev–Trinajstić information content (AvgIpc) is 3.03. The van der Waals surface area contributed by atoms with Crippen molar-refractivity contribution < 1.29 is 22.8 Å². The first-order valence-corrected chi connectivity index (χ1v) is 8.09. The monoisotopic (exact) mass is 371 g/mol. The van der Waals surface area contributed by atoms with Crippen molar-refractivity contribution in [3.05, 3.63) is 45.7 Å². The van der Waals surface area contributed by atoms with Crippen LogP contribution in [0.25, 0.3) is 0 Å². The first kappa shape index (κ1) is 18.9. The molecule has 25 heavy (non-hydrogen) atoms. The predicted octanol–water partition coefficient (Wildman–Crippen LogP) is 3.23. The van der Waals surface area contributed by atoms with Gasteiger partial charge in [0.1, 0.15) is 4.88 Å². The predicted molar refractivity (Wildman–Crippen MR) is 88.1 cm³/mol. The number of anilines is 1. The summed E-state index contributed by atoms with van der Waals surface area (Å²) in [4.78, 5) is 28.2. The molecule has 134 valence electrons. The van der Waals surface area contributed by atoms with Crippen LogP contribution in [0, 0.1) is 17.5 Å². The van der Waals surface area contributed by atoms with Gasteiger partial charge in [-0.25, -0.2) is 18.2 Å². The Balaban J connectivity index is 1.95. The normalized spacial score (nSPS) is 11.3. The van der Waals surface area contributed by atoms with Gasteiger partial charge in [0.25, 0.3) is 5.91 Å². The smallest absolute Gasteiger partial charge is 0.263 e. The van der Waals surface area contributed by atoms with E-state index < -0.39 is 41.5 Å². The number of amides is 2. The molecule has 0 unspecified atom stereocenters. The van der Waals surface area contributed by atoms with E-state index in [-0.39, 0.29) is 5.41 Å². The van der Waals surface area contributed by atoms with E-state index >= 15 is 0 Å². The summed E-state index contributed by atoms with van der Waals surface area (Å²) in [5, 5.41) is 5.19. The van der Waals surface area contributed by atoms with Crippen LogP contribution in [0.1, 0.15) is 35.5 Å². The van der Waals surface area contributed by atoms with Crippen LogP contribution in [0.5, 0.6) is 0 Å². The maximum atomic E-state index is 13.5. The molecule has 1 aromatic heterocycles. The van der Waals surface area contributed by atoms with E-state index in [4.69, 9.17) is 0 Å². The summed E-state index contributed by atoms with van der Waals surface area (Å²) < 4.78 is 39.4. The molecule has 1 aromatic carbocycles. The molecule has 0 aliphatic carbocycles. The van der Waals surface area contributed by atoms with Crippen molar-refractivity contribution in [2.75, 3.05) is 11.9 Å². The van der Waals surface area contributed by atoms with Gasteiger partial charge in [-0.1, -0.05) is 20.8 Å². The van der Waals surface area contributed by atoms with E-state index in [9.17, 15) is 22.8 Å². The SMILES string of the molecule is CC(C)(C)c1ncc(C(=O)NCC(=O)Nc2ccc(F)c(F)c2F)s1. The Labute approximate surface area is 146 Å². The van der Waals surface area contributed by atoms with Gasteiger partial charge in [-0.3, -0.25) is 9.59 Å². The quantitative estimate of drug-likeness (QED) is 0.811. The summed E-state index contributed by atoms with van der Waals surface area (Å²) >= 11 is 1.20. The highest BCUT2D eigenvalue weighted by Crippen LogP contribution is 2.26. The fraction of sp³-hybridized carbons (Fsp3) is 0.312. The van der Waals surface area contributed by atoms with Crippen molar-refractivity contribution >= 4 is 28.8 Å². The third kappa shape index (κ3) is 4.56. The summed E-state index contributed by atoms with van der Waals surface area (Å²) in [5.41, 5.74) is -0.712. The number of rotatable bonds is 4. The highest BCUT2D eigenvalue weighted by molar-refractivity contribution is 7.13. The molecule has 0 atom stereocenters. The second-order valence-electron chi connectivity index (χ2n) is 6.23. The summed E-state index contributed by atoms with van der Waals surface area (Å²) in [6.07, 6.45) is 1.41. The topological polar surface area (TPSA) is 71.1 Å². The number of carbonyl (C=O) groups excluding carboxylic acids is 2. The van der Waals surface area contributed by atoms with Gasteiger partial charge < -0.3 is 10.6 Å². The number of hydrogen-bond acceptors (Lipinski definition) is 4. The zero-order valence-electron chi connectivity index (χ0n) is 13.7. The van der Waals surface area contributed by atoms with Crippen LogP contribution >= 0.6 is 11.3 Å². The molecule has 2 amide bonds. The zero-order chi connectivity index (χ0) is 18.8. The molecule has 1 heterocycles. The van der Waals surface area contributed by atoms with E-state index in [1.807, 2.05) is 20.8 Å². The van der Waals surface area contributed by atoms with E-state index in [1.54, 1.807) is 0 Å². The fourth-order valence-corrected chi connectivity index (χ4v) is 2.68. The van der Waals surface area contributed by atoms with Crippen LogP contribution < -0.4 is 10.6 Å². The third-order valence-electron chi connectivity index (χ3n) is 3.09. The van der Waals surface area contributed by atoms with Gasteiger partial charge in [0.15, 0.2) is 17.5 Å². The van der Waals surface area contributed by atoms with Crippen LogP contribution in [-0.4, -0.2) is 23.3 Å². The molecular formula is C16H16F3N3O2S. The Morgan fingerprint density at radius 2 is 1.84 bits per heavy atom. The van der Waals surface area contributed by atoms with Crippen LogP contribution in [0.4, 0.5) is 18.9 Å². The van der Waals surface area contributed by atoms with Crippen molar-refractivity contribution in [1.82, 2.24) is 10.3 Å². The number of nitrogens with zero attached hydrogens (tertiary/aromatic N) is 1. The highest BCUT2D eigenvalue weighted by atomic mass is 32.1. The average molecular weight is 371 g/mol. The number of thiazole rings is 1. The lowest BCUT2D eigenvalue weighted by atomic mass is 9.98. The van der Waals surface area contributed by atoms with E-state index in [0.717, 1.165) is 11.1 Å². The van der Waals surface area contributed by atoms with Crippen molar-refractivity contribution in [1.29, 1.82) is 0 Å². The highest BCUT2D eigenvalue weighted by Gasteiger charge is 2.21. The minimum atomic E-state index is -1.68. The van der Waals surface area contributed by atoms with Gasteiger partial charge in [-0.05, 0) is 12.1 Å². The first-order chi connectivity index (χ1) is 11.6. The minimum Gasteiger partial charge on any atom is -0.342 e. The van der Waals surface area contributed by atoms with Gasteiger partial charge in [0.05, 0.1) is 23.4 Å². The van der Waals surface area contributed by atoms with Gasteiger partial charge in [-0.2, -0.15) is 0 Å². The molecule has 2 rings (SSSR count). The molecule has 0 saturated carbocycles. The molecule has 0 aliphatic heterocycles. The second kappa shape index (κ2) is 7.22. The third-order valence-corrected chi connectivity index (χ3v) is 4.51. The maximum absolute atomic E-state index is 13.5. The van der Waals surface area contributed by atoms with Crippen molar-refractivity contribution in [3.63, 3.8) is 0 Å². The molecule has 2 aromatic rings. The number of aromatic nitrogens is 1. The Bertz CT molecular complexity index is 815. The standard InChI is InChI=1S/C16H16F3N3O2S/c1-16(2,3)15-21-6-10(25-15)14(24)20-7-11(23)22-9-5-4-8(17)12(18)13(9)19/h4-6H,7H2,1-3H3,(H,20,24)(H,22,23). The summed E-state index contributed by atoms with van der Waals surface area (Å²) in [6.45, 7) is 5.41. The van der Waals surface area contributed by atoms with E-state index in [0.29, 0.717) is 10.9 Å². The number of hydrogen-bond donors (Lipinski definition) is 2. The summed E-state index contributed by atoms with van der Waals surface area (Å²) in [5.74, 6) is -5.82. The molecule has 0 fully saturated rings. The molecule has 5 nitrogen and oxygen atoms in total. The zero-order valence-corrected chi connectivity index (χ0v) is 14.6. The number of nitrogens with one attached hydrogen (secondary N) is 2. The van der Waals surface area contributed by atoms with Gasteiger partial charge in [-0.15, -0.1) is 11.3 Å². The Morgan fingerprint density at radius 3 is 2.44 bits per heavy atom.